The standard InChI is InChI=1S/C16H10F2INO2S.C16H11F2NO2S/c1-22-16(21)11-6-13-15(20-7-23-13)14(18)10(11)4-8-2-3-9(19)5-12(8)17;1-21-16(20)11-7-13-15(19-8-22-13)14(18)10(11)6-9-4-2-3-5-12(9)17/h2-3,5-7H,4H2,1H3;2-5,7-8H,6H2,1H3. The molecule has 6 aromatic rings. The normalized spacial score (nSPS) is 10.9. The number of nitrogens with zero attached hydrogens (tertiary/aromatic N) is 2. The molecule has 13 heteroatoms. The Morgan fingerprint density at radius 3 is 1.67 bits per heavy atom. The highest BCUT2D eigenvalue weighted by Crippen LogP contribution is 2.31. The number of rotatable bonds is 6. The quantitative estimate of drug-likeness (QED) is 0.0963. The molecule has 45 heavy (non-hydrogen) atoms. The maximum absolute atomic E-state index is 14.8. The van der Waals surface area contributed by atoms with Crippen LogP contribution in [0.3, 0.4) is 0 Å². The molecule has 0 spiro atoms. The Labute approximate surface area is 275 Å². The Morgan fingerprint density at radius 1 is 0.711 bits per heavy atom. The molecule has 0 bridgehead atoms. The van der Waals surface area contributed by atoms with Gasteiger partial charge in [0.05, 0.1) is 45.8 Å². The number of ether oxygens (including phenoxy) is 2. The van der Waals surface area contributed by atoms with Gasteiger partial charge < -0.3 is 9.47 Å². The average molecular weight is 765 g/mol. The van der Waals surface area contributed by atoms with Gasteiger partial charge >= 0.3 is 11.9 Å². The molecule has 0 saturated heterocycles. The van der Waals surface area contributed by atoms with Crippen LogP contribution in [0.1, 0.15) is 43.0 Å². The van der Waals surface area contributed by atoms with Crippen LogP contribution in [0.2, 0.25) is 0 Å². The van der Waals surface area contributed by atoms with Crippen LogP contribution in [0.15, 0.2) is 65.6 Å². The van der Waals surface area contributed by atoms with E-state index in [0.717, 1.165) is 3.57 Å². The van der Waals surface area contributed by atoms with Gasteiger partial charge in [0.25, 0.3) is 0 Å². The molecular weight excluding hydrogens is 743 g/mol. The number of thiazole rings is 2. The van der Waals surface area contributed by atoms with Crippen LogP contribution in [-0.2, 0) is 22.3 Å². The summed E-state index contributed by atoms with van der Waals surface area (Å²) in [5.41, 5.74) is 4.37. The second kappa shape index (κ2) is 14.0. The van der Waals surface area contributed by atoms with Gasteiger partial charge in [-0.15, -0.1) is 22.7 Å². The fourth-order valence-corrected chi connectivity index (χ4v) is 6.50. The number of methoxy groups -OCH3 is 2. The smallest absolute Gasteiger partial charge is 0.338 e. The lowest BCUT2D eigenvalue weighted by Gasteiger charge is -2.11. The summed E-state index contributed by atoms with van der Waals surface area (Å²) in [6.07, 6.45) is -0.0944. The highest BCUT2D eigenvalue weighted by atomic mass is 127. The summed E-state index contributed by atoms with van der Waals surface area (Å²) in [7, 11) is 2.45. The van der Waals surface area contributed by atoms with Gasteiger partial charge in [-0.2, -0.15) is 0 Å². The van der Waals surface area contributed by atoms with E-state index in [0.29, 0.717) is 20.5 Å². The van der Waals surface area contributed by atoms with Gasteiger partial charge in [0.1, 0.15) is 22.7 Å². The van der Waals surface area contributed by atoms with Gasteiger partial charge in [-0.3, -0.25) is 0 Å². The zero-order valence-electron chi connectivity index (χ0n) is 23.5. The molecule has 2 aromatic heterocycles. The Bertz CT molecular complexity index is 2060. The van der Waals surface area contributed by atoms with Gasteiger partial charge in [-0.1, -0.05) is 24.3 Å². The van der Waals surface area contributed by atoms with E-state index in [4.69, 9.17) is 9.47 Å². The predicted octanol–water partition coefficient (Wildman–Crippen LogP) is 8.51. The molecule has 4 aromatic carbocycles. The molecule has 0 aliphatic heterocycles. The van der Waals surface area contributed by atoms with Crippen molar-refractivity contribution in [2.24, 2.45) is 0 Å². The van der Waals surface area contributed by atoms with Gasteiger partial charge in [-0.05, 0) is 64.0 Å². The number of esters is 2. The summed E-state index contributed by atoms with van der Waals surface area (Å²) in [5.74, 6) is -3.41. The topological polar surface area (TPSA) is 78.4 Å². The second-order valence-corrected chi connectivity index (χ2v) is 12.5. The summed E-state index contributed by atoms with van der Waals surface area (Å²) < 4.78 is 68.6. The lowest BCUT2D eigenvalue weighted by molar-refractivity contribution is 0.0590. The van der Waals surface area contributed by atoms with E-state index < -0.39 is 35.2 Å². The SMILES string of the molecule is COC(=O)c1cc2scnc2c(F)c1Cc1ccc(I)cc1F.COC(=O)c1cc2scnc2c(F)c1Cc1ccccc1F. The number of halogens is 5. The number of hydrogen-bond acceptors (Lipinski definition) is 8. The fourth-order valence-electron chi connectivity index (χ4n) is 4.62. The van der Waals surface area contributed by atoms with E-state index in [-0.39, 0.29) is 46.1 Å². The molecule has 0 atom stereocenters. The molecule has 0 fully saturated rings. The largest absolute Gasteiger partial charge is 0.465 e. The van der Waals surface area contributed by atoms with Crippen molar-refractivity contribution in [2.45, 2.75) is 12.8 Å². The third-order valence-electron chi connectivity index (χ3n) is 6.85. The Balaban J connectivity index is 0.000000178. The molecule has 230 valence electrons. The highest BCUT2D eigenvalue weighted by molar-refractivity contribution is 14.1. The van der Waals surface area contributed by atoms with Gasteiger partial charge in [0.2, 0.25) is 0 Å². The van der Waals surface area contributed by atoms with E-state index in [1.807, 2.05) is 22.6 Å². The van der Waals surface area contributed by atoms with Crippen molar-refractivity contribution in [3.63, 3.8) is 0 Å². The van der Waals surface area contributed by atoms with Crippen LogP contribution in [0.4, 0.5) is 17.6 Å². The van der Waals surface area contributed by atoms with E-state index >= 15 is 0 Å². The molecular formula is C32H21F4IN2O4S2. The fraction of sp³-hybridized carbons (Fsp3) is 0.125. The summed E-state index contributed by atoms with van der Waals surface area (Å²) in [5, 5.41) is 0. The Morgan fingerprint density at radius 2 is 1.20 bits per heavy atom. The average Bonchev–Trinajstić information content (AvgIpc) is 3.71. The first-order valence-corrected chi connectivity index (χ1v) is 15.9. The van der Waals surface area contributed by atoms with E-state index in [2.05, 4.69) is 9.97 Å². The minimum Gasteiger partial charge on any atom is -0.465 e. The first-order chi connectivity index (χ1) is 21.6. The number of benzene rings is 4. The minimum atomic E-state index is -0.653. The Hall–Kier alpha value is -3.95. The number of hydrogen-bond donors (Lipinski definition) is 0. The van der Waals surface area contributed by atoms with Gasteiger partial charge in [0, 0.05) is 27.5 Å². The van der Waals surface area contributed by atoms with Crippen molar-refractivity contribution < 1.29 is 36.6 Å². The molecule has 6 rings (SSSR count). The van der Waals surface area contributed by atoms with E-state index in [1.165, 1.54) is 66.1 Å². The van der Waals surface area contributed by atoms with Crippen LogP contribution in [0.25, 0.3) is 20.4 Å². The molecule has 0 saturated carbocycles. The van der Waals surface area contributed by atoms with Crippen LogP contribution in [0.5, 0.6) is 0 Å². The van der Waals surface area contributed by atoms with Crippen molar-refractivity contribution in [3.8, 4) is 0 Å². The van der Waals surface area contributed by atoms with E-state index in [9.17, 15) is 27.2 Å². The predicted molar refractivity (Wildman–Crippen MR) is 173 cm³/mol. The van der Waals surface area contributed by atoms with Crippen LogP contribution in [0, 0.1) is 26.8 Å². The number of fused-ring (bicyclic) bond motifs is 2. The summed E-state index contributed by atoms with van der Waals surface area (Å²) in [4.78, 5) is 31.9. The van der Waals surface area contributed by atoms with Gasteiger partial charge in [-0.25, -0.2) is 37.1 Å². The molecule has 0 N–H and O–H groups in total. The summed E-state index contributed by atoms with van der Waals surface area (Å²) in [6.45, 7) is 0. The minimum absolute atomic E-state index is 0.0452. The third-order valence-corrected chi connectivity index (χ3v) is 9.08. The van der Waals surface area contributed by atoms with Crippen molar-refractivity contribution in [2.75, 3.05) is 14.2 Å². The number of carbonyl (C=O) groups is 2. The zero-order valence-corrected chi connectivity index (χ0v) is 27.3. The molecule has 0 amide bonds. The molecule has 0 aliphatic rings. The second-order valence-electron chi connectivity index (χ2n) is 9.50. The third kappa shape index (κ3) is 6.84. The van der Waals surface area contributed by atoms with Crippen LogP contribution < -0.4 is 0 Å². The molecule has 0 radical (unpaired) electrons. The van der Waals surface area contributed by atoms with Crippen LogP contribution in [-0.4, -0.2) is 36.1 Å². The first-order valence-electron chi connectivity index (χ1n) is 13.1. The number of carbonyl (C=O) groups excluding carboxylic acids is 2. The zero-order chi connectivity index (χ0) is 32.2. The van der Waals surface area contributed by atoms with Crippen molar-refractivity contribution in [1.29, 1.82) is 0 Å². The van der Waals surface area contributed by atoms with Crippen molar-refractivity contribution in [3.05, 3.63) is 126 Å². The molecule has 2 heterocycles. The van der Waals surface area contributed by atoms with Gasteiger partial charge in [0.15, 0.2) is 11.6 Å². The van der Waals surface area contributed by atoms with Crippen molar-refractivity contribution >= 4 is 77.6 Å². The summed E-state index contributed by atoms with van der Waals surface area (Å²) in [6, 6.07) is 13.8. The molecule has 6 nitrogen and oxygen atoms in total. The molecule has 0 unspecified atom stereocenters. The lowest BCUT2D eigenvalue weighted by Crippen LogP contribution is -2.09. The van der Waals surface area contributed by atoms with E-state index in [1.54, 1.807) is 36.4 Å². The Kier molecular flexibility index (Phi) is 10.1. The summed E-state index contributed by atoms with van der Waals surface area (Å²) >= 11 is 4.46. The van der Waals surface area contributed by atoms with Crippen LogP contribution >= 0.6 is 45.3 Å². The molecule has 0 aliphatic carbocycles. The van der Waals surface area contributed by atoms with Crippen molar-refractivity contribution in [1.82, 2.24) is 9.97 Å². The lowest BCUT2D eigenvalue weighted by atomic mass is 9.98. The highest BCUT2D eigenvalue weighted by Gasteiger charge is 2.23. The maximum atomic E-state index is 14.8. The maximum Gasteiger partial charge on any atom is 0.338 e. The monoisotopic (exact) mass is 764 g/mol. The number of aromatic nitrogens is 2. The first kappa shape index (κ1) is 32.4.